The molecule has 0 aromatic carbocycles. The highest BCUT2D eigenvalue weighted by Gasteiger charge is 2.53. The predicted octanol–water partition coefficient (Wildman–Crippen LogP) is 1.95. The average Bonchev–Trinajstić information content (AvgIpc) is 3.24. The van der Waals surface area contributed by atoms with E-state index in [9.17, 15) is 0 Å². The number of hydrogen-bond donors (Lipinski definition) is 2. The van der Waals surface area contributed by atoms with Crippen molar-refractivity contribution in [3.63, 3.8) is 0 Å². The van der Waals surface area contributed by atoms with Crippen LogP contribution in [0.4, 0.5) is 6.01 Å². The molecule has 0 amide bonds. The molecule has 2 aliphatic carbocycles. The highest BCUT2D eigenvalue weighted by atomic mass is 16.4. The molecule has 1 aromatic heterocycles. The second-order valence-electron chi connectivity index (χ2n) is 5.45. The fraction of sp³-hybridized carbons (Fsp3) is 0.833. The fourth-order valence-corrected chi connectivity index (χ4v) is 2.44. The van der Waals surface area contributed by atoms with Gasteiger partial charge in [0.05, 0.1) is 6.04 Å². The van der Waals surface area contributed by atoms with Crippen molar-refractivity contribution in [3.05, 3.63) is 5.89 Å². The van der Waals surface area contributed by atoms with Crippen LogP contribution < -0.4 is 10.6 Å². The molecule has 5 heteroatoms. The maximum absolute atomic E-state index is 5.56. The Bertz CT molecular complexity index is 395. The third-order valence-electron chi connectivity index (χ3n) is 4.17. The number of anilines is 1. The third kappa shape index (κ3) is 2.16. The fourth-order valence-electron chi connectivity index (χ4n) is 2.44. The first kappa shape index (κ1) is 11.0. The summed E-state index contributed by atoms with van der Waals surface area (Å²) in [5, 5.41) is 14.4. The van der Waals surface area contributed by atoms with Crippen molar-refractivity contribution in [1.29, 1.82) is 0 Å². The van der Waals surface area contributed by atoms with Crippen LogP contribution in [-0.2, 0) is 0 Å². The van der Waals surface area contributed by atoms with Crippen molar-refractivity contribution < 1.29 is 4.42 Å². The van der Waals surface area contributed by atoms with Gasteiger partial charge in [-0.25, -0.2) is 0 Å². The zero-order chi connectivity index (χ0) is 11.9. The van der Waals surface area contributed by atoms with Gasteiger partial charge >= 0.3 is 6.01 Å². The molecular weight excluding hydrogens is 216 g/mol. The minimum Gasteiger partial charge on any atom is -0.406 e. The Morgan fingerprint density at radius 3 is 2.76 bits per heavy atom. The van der Waals surface area contributed by atoms with Crippen molar-refractivity contribution in [2.45, 2.75) is 38.6 Å². The Hall–Kier alpha value is -1.10. The number of hydrogen-bond acceptors (Lipinski definition) is 5. The van der Waals surface area contributed by atoms with Gasteiger partial charge in [-0.3, -0.25) is 0 Å². The van der Waals surface area contributed by atoms with E-state index >= 15 is 0 Å². The highest BCUT2D eigenvalue weighted by Crippen LogP contribution is 2.61. The molecule has 1 heterocycles. The number of rotatable bonds is 6. The third-order valence-corrected chi connectivity index (χ3v) is 4.17. The van der Waals surface area contributed by atoms with Crippen LogP contribution in [0.15, 0.2) is 4.42 Å². The topological polar surface area (TPSA) is 63.0 Å². The van der Waals surface area contributed by atoms with Crippen LogP contribution in [0.1, 0.15) is 44.5 Å². The van der Waals surface area contributed by atoms with E-state index in [4.69, 9.17) is 4.42 Å². The maximum Gasteiger partial charge on any atom is 0.315 e. The molecule has 0 saturated heterocycles. The van der Waals surface area contributed by atoms with Gasteiger partial charge in [0, 0.05) is 6.54 Å². The van der Waals surface area contributed by atoms with Gasteiger partial charge in [-0.15, -0.1) is 5.10 Å². The summed E-state index contributed by atoms with van der Waals surface area (Å²) in [5.41, 5.74) is 0.559. The quantitative estimate of drug-likeness (QED) is 0.790. The zero-order valence-corrected chi connectivity index (χ0v) is 10.5. The predicted molar refractivity (Wildman–Crippen MR) is 64.7 cm³/mol. The van der Waals surface area contributed by atoms with Crippen molar-refractivity contribution in [2.24, 2.45) is 11.3 Å². The van der Waals surface area contributed by atoms with Gasteiger partial charge in [-0.1, -0.05) is 5.10 Å². The molecule has 2 N–H and O–H groups in total. The van der Waals surface area contributed by atoms with Gasteiger partial charge < -0.3 is 15.1 Å². The largest absolute Gasteiger partial charge is 0.406 e. The number of nitrogens with zero attached hydrogens (tertiary/aromatic N) is 2. The van der Waals surface area contributed by atoms with Crippen LogP contribution in [0.25, 0.3) is 0 Å². The Kier molecular flexibility index (Phi) is 2.58. The summed E-state index contributed by atoms with van der Waals surface area (Å²) in [4.78, 5) is 0. The summed E-state index contributed by atoms with van der Waals surface area (Å²) in [5.74, 6) is 1.60. The molecule has 5 nitrogen and oxygen atoms in total. The zero-order valence-electron chi connectivity index (χ0n) is 10.5. The summed E-state index contributed by atoms with van der Waals surface area (Å²) in [6.45, 7) is 3.00. The van der Waals surface area contributed by atoms with Crippen molar-refractivity contribution in [1.82, 2.24) is 15.5 Å². The van der Waals surface area contributed by atoms with Crippen molar-refractivity contribution in [3.8, 4) is 0 Å². The van der Waals surface area contributed by atoms with Crippen LogP contribution in [0.3, 0.4) is 0 Å². The maximum atomic E-state index is 5.56. The summed E-state index contributed by atoms with van der Waals surface area (Å²) in [6, 6.07) is 0.672. The van der Waals surface area contributed by atoms with Gasteiger partial charge in [-0.05, 0) is 51.0 Å². The van der Waals surface area contributed by atoms with E-state index in [0.29, 0.717) is 17.3 Å². The van der Waals surface area contributed by atoms with Crippen LogP contribution in [0.2, 0.25) is 0 Å². The molecule has 0 spiro atoms. The highest BCUT2D eigenvalue weighted by molar-refractivity contribution is 5.21. The molecule has 2 aliphatic rings. The smallest absolute Gasteiger partial charge is 0.315 e. The van der Waals surface area contributed by atoms with E-state index in [1.807, 2.05) is 14.0 Å². The van der Waals surface area contributed by atoms with E-state index in [-0.39, 0.29) is 6.04 Å². The average molecular weight is 236 g/mol. The van der Waals surface area contributed by atoms with Gasteiger partial charge in [-0.2, -0.15) is 0 Å². The minimum atomic E-state index is 0.108. The van der Waals surface area contributed by atoms with E-state index in [2.05, 4.69) is 20.8 Å². The lowest BCUT2D eigenvalue weighted by atomic mass is 10.0. The van der Waals surface area contributed by atoms with Gasteiger partial charge in [0.15, 0.2) is 0 Å². The van der Waals surface area contributed by atoms with Gasteiger partial charge in [0.1, 0.15) is 0 Å². The first-order valence-electron chi connectivity index (χ1n) is 6.48. The van der Waals surface area contributed by atoms with Crippen molar-refractivity contribution in [2.75, 3.05) is 18.9 Å². The van der Waals surface area contributed by atoms with Crippen LogP contribution in [0.5, 0.6) is 0 Å². The Labute approximate surface area is 101 Å². The minimum absolute atomic E-state index is 0.108. The standard InChI is InChI=1S/C12H20N4O/c1-8(13-2)10-15-16-11(17-10)14-7-12(5-6-12)9-3-4-9/h8-9,13H,3-7H2,1-2H3,(H,14,16). The Balaban J connectivity index is 1.56. The molecule has 1 aromatic rings. The molecule has 0 aliphatic heterocycles. The van der Waals surface area contributed by atoms with Crippen molar-refractivity contribution >= 4 is 6.01 Å². The van der Waals surface area contributed by atoms with Crippen LogP contribution >= 0.6 is 0 Å². The van der Waals surface area contributed by atoms with E-state index in [0.717, 1.165) is 12.5 Å². The molecule has 94 valence electrons. The van der Waals surface area contributed by atoms with Gasteiger partial charge in [0.25, 0.3) is 0 Å². The van der Waals surface area contributed by atoms with E-state index < -0.39 is 0 Å². The van der Waals surface area contributed by atoms with Crippen LogP contribution in [0, 0.1) is 11.3 Å². The molecule has 1 atom stereocenters. The Morgan fingerprint density at radius 2 is 2.18 bits per heavy atom. The summed E-state index contributed by atoms with van der Waals surface area (Å²) >= 11 is 0. The second kappa shape index (κ2) is 3.98. The normalized spacial score (nSPS) is 23.4. The number of nitrogens with one attached hydrogen (secondary N) is 2. The molecule has 3 rings (SSSR count). The lowest BCUT2D eigenvalue weighted by Gasteiger charge is -2.13. The van der Waals surface area contributed by atoms with E-state index in [1.165, 1.54) is 25.7 Å². The summed E-state index contributed by atoms with van der Waals surface area (Å²) in [6.07, 6.45) is 5.54. The molecule has 0 radical (unpaired) electrons. The SMILES string of the molecule is CNC(C)c1nnc(NCC2(C3CC3)CC2)o1. The lowest BCUT2D eigenvalue weighted by molar-refractivity contribution is 0.427. The molecule has 2 fully saturated rings. The first-order chi connectivity index (χ1) is 8.23. The summed E-state index contributed by atoms with van der Waals surface area (Å²) in [7, 11) is 1.88. The summed E-state index contributed by atoms with van der Waals surface area (Å²) < 4.78 is 5.56. The lowest BCUT2D eigenvalue weighted by Crippen LogP contribution is -2.17. The van der Waals surface area contributed by atoms with E-state index in [1.54, 1.807) is 0 Å². The molecule has 17 heavy (non-hydrogen) atoms. The molecule has 1 unspecified atom stereocenters. The first-order valence-corrected chi connectivity index (χ1v) is 6.48. The molecule has 0 bridgehead atoms. The number of aromatic nitrogens is 2. The Morgan fingerprint density at radius 1 is 1.41 bits per heavy atom. The van der Waals surface area contributed by atoms with Crippen LogP contribution in [-0.4, -0.2) is 23.8 Å². The second-order valence-corrected chi connectivity index (χ2v) is 5.45. The van der Waals surface area contributed by atoms with Gasteiger partial charge in [0.2, 0.25) is 5.89 Å². The molecular formula is C12H20N4O. The molecule has 2 saturated carbocycles. The monoisotopic (exact) mass is 236 g/mol.